The number of fused-ring (bicyclic) bond motifs is 1. The van der Waals surface area contributed by atoms with Crippen molar-refractivity contribution in [2.45, 2.75) is 19.3 Å². The fourth-order valence-corrected chi connectivity index (χ4v) is 3.88. The van der Waals surface area contributed by atoms with Crippen LogP contribution in [0.4, 0.5) is 11.4 Å². The zero-order valence-corrected chi connectivity index (χ0v) is 15.5. The first kappa shape index (κ1) is 17.6. The average molecular weight is 360 g/mol. The van der Waals surface area contributed by atoms with Gasteiger partial charge in [-0.15, -0.1) is 0 Å². The Morgan fingerprint density at radius 3 is 2.60 bits per heavy atom. The molecule has 0 saturated heterocycles. The molecule has 0 bridgehead atoms. The molecule has 0 aliphatic carbocycles. The molecule has 2 aromatic rings. The topological polar surface area (TPSA) is 58.6 Å². The molecule has 134 valence electrons. The summed E-state index contributed by atoms with van der Waals surface area (Å²) < 4.78 is 31.0. The van der Waals surface area contributed by atoms with E-state index in [-0.39, 0.29) is 0 Å². The maximum Gasteiger partial charge on any atom is 0.229 e. The predicted molar refractivity (Wildman–Crippen MR) is 102 cm³/mol. The van der Waals surface area contributed by atoms with Gasteiger partial charge in [-0.25, -0.2) is 8.42 Å². The lowest BCUT2D eigenvalue weighted by Gasteiger charge is -2.32. The van der Waals surface area contributed by atoms with E-state index in [1.807, 2.05) is 24.3 Å². The molecular formula is C19H24N2O3S. The first-order chi connectivity index (χ1) is 12.0. The summed E-state index contributed by atoms with van der Waals surface area (Å²) in [7, 11) is -1.60. The van der Waals surface area contributed by atoms with Crippen molar-refractivity contribution in [3.8, 4) is 5.75 Å². The minimum Gasteiger partial charge on any atom is -0.497 e. The molecule has 6 heteroatoms. The molecule has 25 heavy (non-hydrogen) atoms. The number of nitrogens with one attached hydrogen (secondary N) is 1. The minimum atomic E-state index is -3.27. The number of hydrogen-bond donors (Lipinski definition) is 1. The second-order valence-corrected chi connectivity index (χ2v) is 8.11. The number of benzene rings is 2. The SMILES string of the molecule is COc1ccc(CCN2CCCc3c(NS(C)(=O)=O)cccc32)cc1. The van der Waals surface area contributed by atoms with Gasteiger partial charge < -0.3 is 9.64 Å². The van der Waals surface area contributed by atoms with E-state index in [1.165, 1.54) is 11.8 Å². The number of hydrogen-bond acceptors (Lipinski definition) is 4. The fourth-order valence-electron chi connectivity index (χ4n) is 3.28. The average Bonchev–Trinajstić information content (AvgIpc) is 2.59. The van der Waals surface area contributed by atoms with Gasteiger partial charge >= 0.3 is 0 Å². The highest BCUT2D eigenvalue weighted by atomic mass is 32.2. The van der Waals surface area contributed by atoms with Gasteiger partial charge in [-0.1, -0.05) is 18.2 Å². The molecule has 0 fully saturated rings. The molecular weight excluding hydrogens is 336 g/mol. The van der Waals surface area contributed by atoms with Crippen LogP contribution in [0.3, 0.4) is 0 Å². The molecule has 0 unspecified atom stereocenters. The molecule has 1 heterocycles. The van der Waals surface area contributed by atoms with Crippen LogP contribution >= 0.6 is 0 Å². The van der Waals surface area contributed by atoms with E-state index in [0.717, 1.165) is 49.4 Å². The Morgan fingerprint density at radius 1 is 1.16 bits per heavy atom. The lowest BCUT2D eigenvalue weighted by molar-refractivity contribution is 0.414. The summed E-state index contributed by atoms with van der Waals surface area (Å²) in [5, 5.41) is 0. The molecule has 1 aliphatic rings. The van der Waals surface area contributed by atoms with E-state index in [0.29, 0.717) is 5.69 Å². The van der Waals surface area contributed by atoms with E-state index < -0.39 is 10.0 Å². The van der Waals surface area contributed by atoms with Crippen molar-refractivity contribution in [1.82, 2.24) is 0 Å². The van der Waals surface area contributed by atoms with Crippen molar-refractivity contribution in [3.63, 3.8) is 0 Å². The van der Waals surface area contributed by atoms with Gasteiger partial charge in [-0.05, 0) is 54.7 Å². The van der Waals surface area contributed by atoms with Gasteiger partial charge in [-0.3, -0.25) is 4.72 Å². The van der Waals surface area contributed by atoms with Crippen LogP contribution in [0.2, 0.25) is 0 Å². The second-order valence-electron chi connectivity index (χ2n) is 6.37. The Balaban J connectivity index is 1.76. The molecule has 1 N–H and O–H groups in total. The summed E-state index contributed by atoms with van der Waals surface area (Å²) in [5.74, 6) is 0.864. The molecule has 3 rings (SSSR count). The van der Waals surface area contributed by atoms with Crippen molar-refractivity contribution in [2.24, 2.45) is 0 Å². The second kappa shape index (κ2) is 7.35. The summed E-state index contributed by atoms with van der Waals surface area (Å²) in [6.45, 7) is 1.90. The van der Waals surface area contributed by atoms with Gasteiger partial charge in [0.25, 0.3) is 0 Å². The van der Waals surface area contributed by atoms with Crippen LogP contribution in [0, 0.1) is 0 Å². The molecule has 0 aromatic heterocycles. The van der Waals surface area contributed by atoms with Crippen LogP contribution in [0.25, 0.3) is 0 Å². The summed E-state index contributed by atoms with van der Waals surface area (Å²) in [5.41, 5.74) is 4.19. The standard InChI is InChI=1S/C19H24N2O3S/c1-24-16-10-8-15(9-11-16)12-14-21-13-4-5-17-18(20-25(2,22)23)6-3-7-19(17)21/h3,6-11,20H,4-5,12-14H2,1-2H3. The zero-order valence-electron chi connectivity index (χ0n) is 14.7. The van der Waals surface area contributed by atoms with Gasteiger partial charge in [0.1, 0.15) is 5.75 Å². The number of sulfonamides is 1. The van der Waals surface area contributed by atoms with Crippen LogP contribution in [0.15, 0.2) is 42.5 Å². The molecule has 2 aromatic carbocycles. The first-order valence-electron chi connectivity index (χ1n) is 8.44. The normalized spacial score (nSPS) is 14.1. The Labute approximate surface area is 149 Å². The lowest BCUT2D eigenvalue weighted by atomic mass is 9.99. The highest BCUT2D eigenvalue weighted by Crippen LogP contribution is 2.33. The van der Waals surface area contributed by atoms with E-state index in [9.17, 15) is 8.42 Å². The number of nitrogens with zero attached hydrogens (tertiary/aromatic N) is 1. The van der Waals surface area contributed by atoms with Crippen molar-refractivity contribution in [3.05, 3.63) is 53.6 Å². The maximum absolute atomic E-state index is 11.6. The van der Waals surface area contributed by atoms with Gasteiger partial charge in [0.15, 0.2) is 0 Å². The van der Waals surface area contributed by atoms with Gasteiger partial charge in [0, 0.05) is 18.8 Å². The van der Waals surface area contributed by atoms with Crippen molar-refractivity contribution in [2.75, 3.05) is 36.1 Å². The predicted octanol–water partition coefficient (Wildman–Crippen LogP) is 3.06. The van der Waals surface area contributed by atoms with E-state index in [2.05, 4.69) is 27.8 Å². The molecule has 5 nitrogen and oxygen atoms in total. The minimum absolute atomic E-state index is 0.703. The number of ether oxygens (including phenoxy) is 1. The van der Waals surface area contributed by atoms with Crippen LogP contribution in [-0.2, 0) is 22.9 Å². The number of rotatable bonds is 6. The highest BCUT2D eigenvalue weighted by Gasteiger charge is 2.20. The molecule has 0 amide bonds. The van der Waals surface area contributed by atoms with Crippen molar-refractivity contribution in [1.29, 1.82) is 0 Å². The molecule has 0 radical (unpaired) electrons. The van der Waals surface area contributed by atoms with Crippen LogP contribution < -0.4 is 14.4 Å². The first-order valence-corrected chi connectivity index (χ1v) is 10.3. The zero-order chi connectivity index (χ0) is 17.9. The quantitative estimate of drug-likeness (QED) is 0.860. The van der Waals surface area contributed by atoms with E-state index in [4.69, 9.17) is 4.74 Å². The molecule has 1 aliphatic heterocycles. The highest BCUT2D eigenvalue weighted by molar-refractivity contribution is 7.92. The summed E-state index contributed by atoms with van der Waals surface area (Å²) in [6, 6.07) is 14.0. The van der Waals surface area contributed by atoms with Crippen molar-refractivity contribution < 1.29 is 13.2 Å². The Kier molecular flexibility index (Phi) is 5.18. The Hall–Kier alpha value is -2.21. The third kappa shape index (κ3) is 4.45. The largest absolute Gasteiger partial charge is 0.497 e. The summed E-state index contributed by atoms with van der Waals surface area (Å²) >= 11 is 0. The Morgan fingerprint density at radius 2 is 1.92 bits per heavy atom. The van der Waals surface area contributed by atoms with E-state index in [1.54, 1.807) is 7.11 Å². The maximum atomic E-state index is 11.6. The molecule has 0 spiro atoms. The van der Waals surface area contributed by atoms with Gasteiger partial charge in [-0.2, -0.15) is 0 Å². The third-order valence-electron chi connectivity index (χ3n) is 4.47. The monoisotopic (exact) mass is 360 g/mol. The summed E-state index contributed by atoms with van der Waals surface area (Å²) in [4.78, 5) is 2.34. The van der Waals surface area contributed by atoms with E-state index >= 15 is 0 Å². The summed E-state index contributed by atoms with van der Waals surface area (Å²) in [6.07, 6.45) is 4.05. The lowest BCUT2D eigenvalue weighted by Crippen LogP contribution is -2.31. The van der Waals surface area contributed by atoms with Gasteiger partial charge in [0.05, 0.1) is 19.1 Å². The smallest absolute Gasteiger partial charge is 0.229 e. The third-order valence-corrected chi connectivity index (χ3v) is 5.06. The number of anilines is 2. The van der Waals surface area contributed by atoms with Crippen LogP contribution in [-0.4, -0.2) is 34.9 Å². The Bertz CT molecular complexity index is 832. The van der Waals surface area contributed by atoms with Crippen LogP contribution in [0.1, 0.15) is 17.5 Å². The van der Waals surface area contributed by atoms with Gasteiger partial charge in [0.2, 0.25) is 10.0 Å². The molecule has 0 saturated carbocycles. The number of methoxy groups -OCH3 is 1. The van der Waals surface area contributed by atoms with Crippen LogP contribution in [0.5, 0.6) is 5.75 Å². The van der Waals surface area contributed by atoms with Crippen molar-refractivity contribution >= 4 is 21.4 Å². The molecule has 0 atom stereocenters. The fraction of sp³-hybridized carbons (Fsp3) is 0.368.